The molecule has 6 heteroatoms. The van der Waals surface area contributed by atoms with Gasteiger partial charge in [0.1, 0.15) is 0 Å². The first kappa shape index (κ1) is 16.0. The topological polar surface area (TPSA) is 89.4 Å². The summed E-state index contributed by atoms with van der Waals surface area (Å²) in [5.41, 5.74) is 6.37. The fraction of sp³-hybridized carbons (Fsp3) is 0.438. The molecule has 1 aromatic rings. The maximum Gasteiger partial charge on any atom is 0.240 e. The smallest absolute Gasteiger partial charge is 0.240 e. The zero-order valence-electron chi connectivity index (χ0n) is 13.3. The summed E-state index contributed by atoms with van der Waals surface area (Å²) >= 11 is 0. The largest absolute Gasteiger partial charge is 0.356 e. The predicted octanol–water partition coefficient (Wildman–Crippen LogP) is 2.20. The third-order valence-corrected chi connectivity index (χ3v) is 3.59. The number of aryl methyl sites for hydroxylation is 1. The van der Waals surface area contributed by atoms with Crippen LogP contribution in [-0.2, 0) is 4.79 Å². The minimum absolute atomic E-state index is 0.0401. The second-order valence-corrected chi connectivity index (χ2v) is 5.59. The molecular weight excluding hydrogens is 278 g/mol. The Hall–Kier alpha value is -2.37. The fourth-order valence-electron chi connectivity index (χ4n) is 2.39. The number of hydrogen-bond donors (Lipinski definition) is 4. The van der Waals surface area contributed by atoms with Crippen LogP contribution >= 0.6 is 0 Å². The van der Waals surface area contributed by atoms with E-state index in [1.54, 1.807) is 0 Å². The third kappa shape index (κ3) is 3.84. The number of guanidine groups is 1. The van der Waals surface area contributed by atoms with Gasteiger partial charge in [0.25, 0.3) is 0 Å². The summed E-state index contributed by atoms with van der Waals surface area (Å²) in [5, 5.41) is 18.1. The predicted molar refractivity (Wildman–Crippen MR) is 89.3 cm³/mol. The molecule has 118 valence electrons. The molecule has 0 spiro atoms. The molecule has 0 fully saturated rings. The minimum atomic E-state index is -0.0401. The van der Waals surface area contributed by atoms with Crippen LogP contribution in [0.3, 0.4) is 0 Å². The van der Waals surface area contributed by atoms with E-state index in [1.807, 2.05) is 32.0 Å². The molecular formula is C16H23N5O. The highest BCUT2D eigenvalue weighted by molar-refractivity contribution is 6.06. The van der Waals surface area contributed by atoms with Crippen molar-refractivity contribution < 1.29 is 4.79 Å². The molecule has 0 saturated heterocycles. The van der Waals surface area contributed by atoms with Gasteiger partial charge in [-0.25, -0.2) is 5.43 Å². The molecule has 2 rings (SSSR count). The number of nitrogens with one attached hydrogen (secondary N) is 4. The number of carbonyl (C=O) groups excluding carboxylic acids is 1. The van der Waals surface area contributed by atoms with E-state index < -0.39 is 0 Å². The zero-order valence-corrected chi connectivity index (χ0v) is 13.3. The molecule has 1 heterocycles. The lowest BCUT2D eigenvalue weighted by Gasteiger charge is -2.20. The van der Waals surface area contributed by atoms with Crippen LogP contribution in [0.1, 0.15) is 37.8 Å². The van der Waals surface area contributed by atoms with Crippen LogP contribution in [-0.4, -0.2) is 24.1 Å². The van der Waals surface area contributed by atoms with Crippen molar-refractivity contribution in [3.8, 4) is 0 Å². The van der Waals surface area contributed by atoms with Crippen LogP contribution < -0.4 is 16.1 Å². The molecule has 0 bridgehead atoms. The van der Waals surface area contributed by atoms with Crippen molar-refractivity contribution >= 4 is 23.3 Å². The van der Waals surface area contributed by atoms with Gasteiger partial charge < -0.3 is 10.6 Å². The van der Waals surface area contributed by atoms with E-state index in [0.29, 0.717) is 12.4 Å². The Kier molecular flexibility index (Phi) is 5.14. The van der Waals surface area contributed by atoms with E-state index in [4.69, 9.17) is 5.41 Å². The van der Waals surface area contributed by atoms with E-state index in [-0.39, 0.29) is 11.8 Å². The first-order chi connectivity index (χ1) is 10.5. The molecule has 1 unspecified atom stereocenters. The Morgan fingerprint density at radius 2 is 2.27 bits per heavy atom. The molecule has 0 radical (unpaired) electrons. The molecule has 0 aromatic heterocycles. The van der Waals surface area contributed by atoms with Crippen LogP contribution in [0.4, 0.5) is 5.69 Å². The van der Waals surface area contributed by atoms with Gasteiger partial charge in [0.05, 0.1) is 5.71 Å². The number of rotatable bonds is 4. The average Bonchev–Trinajstić information content (AvgIpc) is 2.47. The van der Waals surface area contributed by atoms with Gasteiger partial charge in [0.2, 0.25) is 5.91 Å². The second kappa shape index (κ2) is 7.06. The molecule has 0 saturated carbocycles. The molecule has 0 aliphatic carbocycles. The molecule has 1 aliphatic heterocycles. The van der Waals surface area contributed by atoms with Crippen molar-refractivity contribution in [1.82, 2.24) is 10.7 Å². The molecule has 22 heavy (non-hydrogen) atoms. The highest BCUT2D eigenvalue weighted by atomic mass is 16.2. The van der Waals surface area contributed by atoms with E-state index >= 15 is 0 Å². The van der Waals surface area contributed by atoms with Crippen molar-refractivity contribution in [2.45, 2.75) is 33.6 Å². The van der Waals surface area contributed by atoms with Crippen molar-refractivity contribution in [2.75, 3.05) is 11.9 Å². The lowest BCUT2D eigenvalue weighted by atomic mass is 9.93. The summed E-state index contributed by atoms with van der Waals surface area (Å²) in [6.07, 6.45) is 1.44. The number of hydrogen-bond acceptors (Lipinski definition) is 3. The zero-order chi connectivity index (χ0) is 16.1. The Morgan fingerprint density at radius 3 is 2.91 bits per heavy atom. The van der Waals surface area contributed by atoms with Crippen molar-refractivity contribution in [3.05, 3.63) is 29.3 Å². The number of hydrazone groups is 1. The summed E-state index contributed by atoms with van der Waals surface area (Å²) in [4.78, 5) is 11.3. The number of nitrogens with zero attached hydrogens (tertiary/aromatic N) is 1. The van der Waals surface area contributed by atoms with Crippen molar-refractivity contribution in [1.29, 1.82) is 5.41 Å². The Balaban J connectivity index is 2.13. The Morgan fingerprint density at radius 1 is 1.50 bits per heavy atom. The molecule has 1 amide bonds. The minimum Gasteiger partial charge on any atom is -0.356 e. The lowest BCUT2D eigenvalue weighted by Crippen LogP contribution is -2.32. The third-order valence-electron chi connectivity index (χ3n) is 3.59. The monoisotopic (exact) mass is 301 g/mol. The van der Waals surface area contributed by atoms with Crippen LogP contribution in [0.5, 0.6) is 0 Å². The highest BCUT2D eigenvalue weighted by Gasteiger charge is 2.21. The van der Waals surface area contributed by atoms with Gasteiger partial charge >= 0.3 is 0 Å². The van der Waals surface area contributed by atoms with Gasteiger partial charge in [-0.2, -0.15) is 5.10 Å². The van der Waals surface area contributed by atoms with Gasteiger partial charge in [0, 0.05) is 24.6 Å². The van der Waals surface area contributed by atoms with Crippen LogP contribution in [0.2, 0.25) is 0 Å². The van der Waals surface area contributed by atoms with Crippen LogP contribution in [0.15, 0.2) is 23.3 Å². The number of anilines is 1. The van der Waals surface area contributed by atoms with E-state index in [2.05, 4.69) is 28.1 Å². The van der Waals surface area contributed by atoms with E-state index in [0.717, 1.165) is 35.5 Å². The lowest BCUT2D eigenvalue weighted by molar-refractivity contribution is -0.121. The first-order valence-corrected chi connectivity index (χ1v) is 7.58. The molecule has 6 nitrogen and oxygen atoms in total. The van der Waals surface area contributed by atoms with E-state index in [1.165, 1.54) is 0 Å². The van der Waals surface area contributed by atoms with Gasteiger partial charge in [-0.15, -0.1) is 0 Å². The Bertz CT molecular complexity index is 609. The van der Waals surface area contributed by atoms with Crippen molar-refractivity contribution in [2.24, 2.45) is 11.0 Å². The van der Waals surface area contributed by atoms with Gasteiger partial charge in [-0.1, -0.05) is 19.9 Å². The quantitative estimate of drug-likeness (QED) is 0.508. The standard InChI is InChI=1S/C16H23N5O/c1-4-7-18-16(17)19-13-6-5-12(8-10(13)2)15-11(3)9-14(22)20-21-15/h5-6,8,11H,4,7,9H2,1-3H3,(H,20,22)(H3,17,18,19). The van der Waals surface area contributed by atoms with Gasteiger partial charge in [-0.3, -0.25) is 10.2 Å². The van der Waals surface area contributed by atoms with Gasteiger partial charge in [0.15, 0.2) is 5.96 Å². The SMILES string of the molecule is CCCNC(=N)Nc1ccc(C2=NNC(=O)CC2C)cc1C. The normalized spacial score (nSPS) is 17.5. The van der Waals surface area contributed by atoms with Crippen LogP contribution in [0.25, 0.3) is 0 Å². The summed E-state index contributed by atoms with van der Waals surface area (Å²) < 4.78 is 0. The first-order valence-electron chi connectivity index (χ1n) is 7.58. The maximum absolute atomic E-state index is 11.3. The van der Waals surface area contributed by atoms with E-state index in [9.17, 15) is 4.79 Å². The van der Waals surface area contributed by atoms with Crippen LogP contribution in [0, 0.1) is 18.3 Å². The second-order valence-electron chi connectivity index (χ2n) is 5.59. The number of benzene rings is 1. The highest BCUT2D eigenvalue weighted by Crippen LogP contribution is 2.21. The summed E-state index contributed by atoms with van der Waals surface area (Å²) in [5.74, 6) is 0.367. The van der Waals surface area contributed by atoms with Gasteiger partial charge in [-0.05, 0) is 36.6 Å². The average molecular weight is 301 g/mol. The van der Waals surface area contributed by atoms with Crippen molar-refractivity contribution in [3.63, 3.8) is 0 Å². The fourth-order valence-corrected chi connectivity index (χ4v) is 2.39. The molecule has 1 aliphatic rings. The summed E-state index contributed by atoms with van der Waals surface area (Å²) in [6.45, 7) is 6.83. The molecule has 1 aromatic carbocycles. The molecule has 1 atom stereocenters. The molecule has 4 N–H and O–H groups in total. The maximum atomic E-state index is 11.3. The summed E-state index contributed by atoms with van der Waals surface area (Å²) in [6, 6.07) is 5.94. The number of amides is 1. The Labute approximate surface area is 130 Å². The summed E-state index contributed by atoms with van der Waals surface area (Å²) in [7, 11) is 0. The number of carbonyl (C=O) groups is 1.